The Balaban J connectivity index is 0.000000271. The number of nitrogens with zero attached hydrogens (tertiary/aromatic N) is 1. The number of carbonyl (C=O) groups excluding carboxylic acids is 2. The zero-order chi connectivity index (χ0) is 20.2. The van der Waals surface area contributed by atoms with Crippen molar-refractivity contribution < 1.29 is 14.3 Å². The number of rotatable bonds is 6. The first-order valence-corrected chi connectivity index (χ1v) is 8.14. The van der Waals surface area contributed by atoms with Gasteiger partial charge >= 0.3 is 5.97 Å². The predicted molar refractivity (Wildman–Crippen MR) is 106 cm³/mol. The lowest BCUT2D eigenvalue weighted by atomic mass is 10.3. The molecule has 1 amide bonds. The van der Waals surface area contributed by atoms with Crippen LogP contribution in [0.25, 0.3) is 0 Å². The SMILES string of the molecule is NCCC(=O)Nc1ccc(N)c(N)n1.NCCC(=O)Oc1ccccc1N. The molecule has 0 aliphatic rings. The van der Waals surface area contributed by atoms with Crippen molar-refractivity contribution in [2.75, 3.05) is 35.6 Å². The maximum absolute atomic E-state index is 11.1. The highest BCUT2D eigenvalue weighted by molar-refractivity contribution is 5.90. The second-order valence-electron chi connectivity index (χ2n) is 5.31. The molecule has 0 radical (unpaired) electrons. The van der Waals surface area contributed by atoms with E-state index >= 15 is 0 Å². The number of pyridine rings is 1. The molecule has 10 nitrogen and oxygen atoms in total. The van der Waals surface area contributed by atoms with Gasteiger partial charge in [-0.25, -0.2) is 4.98 Å². The van der Waals surface area contributed by atoms with Crippen LogP contribution in [0.1, 0.15) is 12.8 Å². The lowest BCUT2D eigenvalue weighted by Gasteiger charge is -2.05. The normalized spacial score (nSPS) is 9.70. The van der Waals surface area contributed by atoms with Crippen molar-refractivity contribution in [3.63, 3.8) is 0 Å². The molecule has 2 rings (SSSR count). The Labute approximate surface area is 157 Å². The molecule has 0 fully saturated rings. The number of nitrogens with one attached hydrogen (secondary N) is 1. The van der Waals surface area contributed by atoms with E-state index in [1.165, 1.54) is 0 Å². The van der Waals surface area contributed by atoms with Crippen LogP contribution in [0.2, 0.25) is 0 Å². The van der Waals surface area contributed by atoms with Crippen molar-refractivity contribution >= 4 is 34.9 Å². The summed E-state index contributed by atoms with van der Waals surface area (Å²) in [4.78, 5) is 26.0. The molecule has 11 N–H and O–H groups in total. The number of anilines is 4. The Morgan fingerprint density at radius 2 is 1.59 bits per heavy atom. The van der Waals surface area contributed by atoms with Gasteiger partial charge in [0.2, 0.25) is 5.91 Å². The molecule has 0 aliphatic heterocycles. The van der Waals surface area contributed by atoms with Crippen LogP contribution in [-0.2, 0) is 9.59 Å². The molecule has 0 atom stereocenters. The number of amides is 1. The highest BCUT2D eigenvalue weighted by atomic mass is 16.5. The largest absolute Gasteiger partial charge is 0.424 e. The van der Waals surface area contributed by atoms with Gasteiger partial charge in [0.25, 0.3) is 0 Å². The van der Waals surface area contributed by atoms with E-state index in [1.807, 2.05) is 0 Å². The lowest BCUT2D eigenvalue weighted by Crippen LogP contribution is -2.17. The average molecular weight is 375 g/mol. The van der Waals surface area contributed by atoms with Crippen LogP contribution < -0.4 is 38.7 Å². The first-order valence-electron chi connectivity index (χ1n) is 8.14. The number of nitrogen functional groups attached to an aromatic ring is 3. The predicted octanol–water partition coefficient (Wildman–Crippen LogP) is 0.0563. The summed E-state index contributed by atoms with van der Waals surface area (Å²) in [7, 11) is 0. The van der Waals surface area contributed by atoms with Gasteiger partial charge in [0, 0.05) is 19.5 Å². The molecule has 2 aromatic rings. The summed E-state index contributed by atoms with van der Waals surface area (Å²) in [6.07, 6.45) is 0.459. The van der Waals surface area contributed by atoms with Gasteiger partial charge in [0.1, 0.15) is 11.6 Å². The minimum Gasteiger partial charge on any atom is -0.424 e. The van der Waals surface area contributed by atoms with Crippen molar-refractivity contribution in [1.82, 2.24) is 4.98 Å². The van der Waals surface area contributed by atoms with Crippen LogP contribution in [-0.4, -0.2) is 29.9 Å². The summed E-state index contributed by atoms with van der Waals surface area (Å²) < 4.78 is 4.94. The van der Waals surface area contributed by atoms with E-state index in [9.17, 15) is 9.59 Å². The molecule has 0 unspecified atom stereocenters. The summed E-state index contributed by atoms with van der Waals surface area (Å²) in [6.45, 7) is 0.585. The minimum atomic E-state index is -0.361. The van der Waals surface area contributed by atoms with E-state index in [1.54, 1.807) is 36.4 Å². The zero-order valence-electron chi connectivity index (χ0n) is 14.9. The highest BCUT2D eigenvalue weighted by Crippen LogP contribution is 2.19. The fourth-order valence-electron chi connectivity index (χ4n) is 1.76. The highest BCUT2D eigenvalue weighted by Gasteiger charge is 2.05. The van der Waals surface area contributed by atoms with Crippen LogP contribution >= 0.6 is 0 Å². The Hall–Kier alpha value is -3.37. The van der Waals surface area contributed by atoms with E-state index in [2.05, 4.69) is 10.3 Å². The summed E-state index contributed by atoms with van der Waals surface area (Å²) >= 11 is 0. The van der Waals surface area contributed by atoms with Crippen LogP contribution in [0.3, 0.4) is 0 Å². The molecule has 1 aromatic heterocycles. The molecule has 0 aliphatic carbocycles. The Morgan fingerprint density at radius 1 is 0.926 bits per heavy atom. The average Bonchev–Trinajstić information content (AvgIpc) is 2.61. The van der Waals surface area contributed by atoms with Crippen molar-refractivity contribution in [2.24, 2.45) is 11.5 Å². The summed E-state index contributed by atoms with van der Waals surface area (Å²) in [5.74, 6) is 0.427. The Morgan fingerprint density at radius 3 is 2.19 bits per heavy atom. The monoisotopic (exact) mass is 375 g/mol. The number of hydrogen-bond acceptors (Lipinski definition) is 9. The number of ether oxygens (including phenoxy) is 1. The zero-order valence-corrected chi connectivity index (χ0v) is 14.9. The third-order valence-electron chi connectivity index (χ3n) is 3.09. The van der Waals surface area contributed by atoms with Gasteiger partial charge in [-0.15, -0.1) is 0 Å². The van der Waals surface area contributed by atoms with Crippen molar-refractivity contribution in [1.29, 1.82) is 0 Å². The van der Waals surface area contributed by atoms with E-state index in [0.717, 1.165) is 0 Å². The van der Waals surface area contributed by atoms with E-state index in [-0.39, 0.29) is 37.1 Å². The minimum absolute atomic E-state index is 0.191. The molecule has 146 valence electrons. The van der Waals surface area contributed by atoms with E-state index in [4.69, 9.17) is 33.4 Å². The molecule has 0 spiro atoms. The lowest BCUT2D eigenvalue weighted by molar-refractivity contribution is -0.134. The van der Waals surface area contributed by atoms with Gasteiger partial charge in [-0.1, -0.05) is 12.1 Å². The molecule has 0 saturated heterocycles. The smallest absolute Gasteiger partial charge is 0.312 e. The number of aromatic nitrogens is 1. The standard InChI is InChI=1S/C9H12N2O2.C8H13N5O/c10-6-5-9(12)13-8-4-2-1-3-7(8)11;9-4-3-7(14)12-6-2-1-5(10)8(11)13-6/h1-4H,5-6,10-11H2;1-2H,3-4,9-10H2,(H3,11,12,13,14). The topological polar surface area (TPSA) is 198 Å². The van der Waals surface area contributed by atoms with Gasteiger partial charge in [-0.2, -0.15) is 0 Å². The van der Waals surface area contributed by atoms with Gasteiger partial charge < -0.3 is 38.7 Å². The first-order chi connectivity index (χ1) is 12.9. The number of hydrogen-bond donors (Lipinski definition) is 6. The van der Waals surface area contributed by atoms with Gasteiger partial charge in [-0.3, -0.25) is 9.59 Å². The number of para-hydroxylation sites is 2. The summed E-state index contributed by atoms with van der Waals surface area (Å²) in [6, 6.07) is 10.0. The molecule has 10 heteroatoms. The molecule has 0 bridgehead atoms. The van der Waals surface area contributed by atoms with Gasteiger partial charge in [0.05, 0.1) is 17.8 Å². The summed E-state index contributed by atoms with van der Waals surface area (Å²) in [5.41, 5.74) is 27.7. The molecular weight excluding hydrogens is 350 g/mol. The molecule has 0 saturated carbocycles. The summed E-state index contributed by atoms with van der Waals surface area (Å²) in [5, 5.41) is 2.55. The second-order valence-corrected chi connectivity index (χ2v) is 5.31. The quantitative estimate of drug-likeness (QED) is 0.229. The van der Waals surface area contributed by atoms with Crippen LogP contribution in [0, 0.1) is 0 Å². The number of carbonyl (C=O) groups is 2. The maximum Gasteiger partial charge on any atom is 0.312 e. The fraction of sp³-hybridized carbons (Fsp3) is 0.235. The van der Waals surface area contributed by atoms with Gasteiger partial charge in [-0.05, 0) is 24.3 Å². The third-order valence-corrected chi connectivity index (χ3v) is 3.09. The van der Waals surface area contributed by atoms with E-state index < -0.39 is 0 Å². The van der Waals surface area contributed by atoms with E-state index in [0.29, 0.717) is 29.5 Å². The molecule has 1 aromatic carbocycles. The van der Waals surface area contributed by atoms with Crippen molar-refractivity contribution in [3.05, 3.63) is 36.4 Å². The Kier molecular flexibility index (Phi) is 9.06. The second kappa shape index (κ2) is 11.3. The number of esters is 1. The van der Waals surface area contributed by atoms with Crippen LogP contribution in [0.5, 0.6) is 5.75 Å². The third kappa shape index (κ3) is 8.03. The molecule has 1 heterocycles. The Bertz CT molecular complexity index is 768. The number of benzene rings is 1. The van der Waals surface area contributed by atoms with Crippen LogP contribution in [0.4, 0.5) is 23.0 Å². The van der Waals surface area contributed by atoms with Crippen molar-refractivity contribution in [3.8, 4) is 5.75 Å². The fourth-order valence-corrected chi connectivity index (χ4v) is 1.76. The van der Waals surface area contributed by atoms with Crippen molar-refractivity contribution in [2.45, 2.75) is 12.8 Å². The van der Waals surface area contributed by atoms with Gasteiger partial charge in [0.15, 0.2) is 5.75 Å². The molecular formula is C17H25N7O3. The first kappa shape index (κ1) is 21.7. The van der Waals surface area contributed by atoms with Crippen LogP contribution in [0.15, 0.2) is 36.4 Å². The number of nitrogens with two attached hydrogens (primary N) is 5. The molecule has 27 heavy (non-hydrogen) atoms. The maximum atomic E-state index is 11.1.